The average Bonchev–Trinajstić information content (AvgIpc) is 2.90. The minimum absolute atomic E-state index is 0.0345. The van der Waals surface area contributed by atoms with E-state index in [9.17, 15) is 26.4 Å². The van der Waals surface area contributed by atoms with Crippen LogP contribution in [-0.4, -0.2) is 56.3 Å². The smallest absolute Gasteiger partial charge is 0.368 e. The normalized spacial score (nSPS) is 14.7. The maximum Gasteiger partial charge on any atom is 0.416 e. The Labute approximate surface area is 229 Å². The van der Waals surface area contributed by atoms with E-state index >= 15 is 0 Å². The number of hydrogen-bond donors (Lipinski definition) is 0. The van der Waals surface area contributed by atoms with Crippen LogP contribution in [0.3, 0.4) is 0 Å². The highest BCUT2D eigenvalue weighted by Crippen LogP contribution is 2.32. The van der Waals surface area contributed by atoms with Gasteiger partial charge in [-0.1, -0.05) is 53.5 Å². The Morgan fingerprint density at radius 3 is 2.21 bits per heavy atom. The van der Waals surface area contributed by atoms with Gasteiger partial charge in [-0.25, -0.2) is 8.42 Å². The van der Waals surface area contributed by atoms with E-state index in [4.69, 9.17) is 23.2 Å². The molecule has 38 heavy (non-hydrogen) atoms. The Kier molecular flexibility index (Phi) is 8.56. The molecule has 4 rings (SSSR count). The van der Waals surface area contributed by atoms with Crippen LogP contribution in [0.2, 0.25) is 10.0 Å². The van der Waals surface area contributed by atoms with Gasteiger partial charge < -0.3 is 9.80 Å². The maximum absolute atomic E-state index is 13.5. The van der Waals surface area contributed by atoms with Gasteiger partial charge in [-0.15, -0.1) is 0 Å². The van der Waals surface area contributed by atoms with E-state index in [1.54, 1.807) is 41.3 Å². The molecule has 0 atom stereocenters. The molecular formula is C26H24Cl2F3N3O3S. The van der Waals surface area contributed by atoms with Crippen LogP contribution in [-0.2, 0) is 27.5 Å². The van der Waals surface area contributed by atoms with Gasteiger partial charge in [0.25, 0.3) is 0 Å². The largest absolute Gasteiger partial charge is 0.416 e. The summed E-state index contributed by atoms with van der Waals surface area (Å²) in [5.41, 5.74) is 0.159. The number of halogens is 5. The number of piperazine rings is 1. The summed E-state index contributed by atoms with van der Waals surface area (Å²) in [5.74, 6) is -0.418. The van der Waals surface area contributed by atoms with E-state index < -0.39 is 34.2 Å². The van der Waals surface area contributed by atoms with Gasteiger partial charge in [0.15, 0.2) is 0 Å². The van der Waals surface area contributed by atoms with E-state index in [0.29, 0.717) is 29.4 Å². The third-order valence-electron chi connectivity index (χ3n) is 6.23. The topological polar surface area (TPSA) is 60.9 Å². The highest BCUT2D eigenvalue weighted by atomic mass is 35.5. The van der Waals surface area contributed by atoms with E-state index in [-0.39, 0.29) is 29.6 Å². The van der Waals surface area contributed by atoms with Gasteiger partial charge in [0.2, 0.25) is 15.9 Å². The summed E-state index contributed by atoms with van der Waals surface area (Å²) in [6.45, 7) is 0.498. The number of alkyl halides is 3. The molecule has 1 aliphatic rings. The number of amides is 1. The number of hydrogen-bond acceptors (Lipinski definition) is 4. The average molecular weight is 586 g/mol. The Hall–Kier alpha value is -2.79. The maximum atomic E-state index is 13.5. The van der Waals surface area contributed by atoms with Crippen LogP contribution in [0.4, 0.5) is 18.9 Å². The van der Waals surface area contributed by atoms with Crippen molar-refractivity contribution in [2.45, 2.75) is 17.6 Å². The fourth-order valence-electron chi connectivity index (χ4n) is 4.15. The molecule has 0 aliphatic carbocycles. The van der Waals surface area contributed by atoms with Crippen molar-refractivity contribution < 1.29 is 26.4 Å². The summed E-state index contributed by atoms with van der Waals surface area (Å²) in [6, 6.07) is 17.5. The third kappa shape index (κ3) is 6.61. The van der Waals surface area contributed by atoms with E-state index in [1.165, 1.54) is 29.2 Å². The van der Waals surface area contributed by atoms with Gasteiger partial charge in [-0.05, 0) is 48.0 Å². The third-order valence-corrected chi connectivity index (χ3v) is 8.62. The minimum Gasteiger partial charge on any atom is -0.368 e. The van der Waals surface area contributed by atoms with Crippen LogP contribution in [0.25, 0.3) is 0 Å². The van der Waals surface area contributed by atoms with Crippen LogP contribution in [0, 0.1) is 0 Å². The highest BCUT2D eigenvalue weighted by Gasteiger charge is 2.32. The zero-order valence-electron chi connectivity index (χ0n) is 20.0. The van der Waals surface area contributed by atoms with Crippen molar-refractivity contribution in [3.63, 3.8) is 0 Å². The van der Waals surface area contributed by atoms with Crippen LogP contribution in [0.5, 0.6) is 0 Å². The van der Waals surface area contributed by atoms with E-state index in [2.05, 4.69) is 0 Å². The molecule has 3 aromatic carbocycles. The summed E-state index contributed by atoms with van der Waals surface area (Å²) < 4.78 is 67.3. The Morgan fingerprint density at radius 2 is 1.58 bits per heavy atom. The number of benzene rings is 3. The van der Waals surface area contributed by atoms with Crippen molar-refractivity contribution in [1.29, 1.82) is 0 Å². The van der Waals surface area contributed by atoms with Gasteiger partial charge in [-0.3, -0.25) is 4.79 Å². The SMILES string of the molecule is O=C(CN(Cc1ccc(Cl)cc1Cl)S(=O)(=O)c1ccccc1)N1CCN(c2cccc(C(F)(F)F)c2)CC1. The lowest BCUT2D eigenvalue weighted by molar-refractivity contribution is -0.137. The quantitative estimate of drug-likeness (QED) is 0.364. The summed E-state index contributed by atoms with van der Waals surface area (Å²) in [6.07, 6.45) is -4.45. The summed E-state index contributed by atoms with van der Waals surface area (Å²) in [4.78, 5) is 16.6. The highest BCUT2D eigenvalue weighted by molar-refractivity contribution is 7.89. The molecule has 0 saturated carbocycles. The van der Waals surface area contributed by atoms with Crippen molar-refractivity contribution >= 4 is 44.8 Å². The van der Waals surface area contributed by atoms with Gasteiger partial charge >= 0.3 is 6.18 Å². The number of carbonyl (C=O) groups excluding carboxylic acids is 1. The molecule has 1 saturated heterocycles. The van der Waals surface area contributed by atoms with Crippen molar-refractivity contribution in [3.05, 3.63) is 94.0 Å². The second-order valence-electron chi connectivity index (χ2n) is 8.74. The number of carbonyl (C=O) groups is 1. The monoisotopic (exact) mass is 585 g/mol. The molecule has 12 heteroatoms. The molecule has 0 unspecified atom stereocenters. The molecule has 6 nitrogen and oxygen atoms in total. The lowest BCUT2D eigenvalue weighted by atomic mass is 10.1. The molecule has 0 N–H and O–H groups in total. The summed E-state index contributed by atoms with van der Waals surface area (Å²) in [5, 5.41) is 0.666. The number of nitrogens with zero attached hydrogens (tertiary/aromatic N) is 3. The second-order valence-corrected chi connectivity index (χ2v) is 11.5. The minimum atomic E-state index is -4.45. The molecule has 0 aromatic heterocycles. The van der Waals surface area contributed by atoms with Crippen LogP contribution in [0.15, 0.2) is 77.7 Å². The summed E-state index contributed by atoms with van der Waals surface area (Å²) in [7, 11) is -4.06. The van der Waals surface area contributed by atoms with Crippen molar-refractivity contribution in [2.75, 3.05) is 37.6 Å². The fraction of sp³-hybridized carbons (Fsp3) is 0.269. The van der Waals surface area contributed by atoms with E-state index in [0.717, 1.165) is 16.4 Å². The van der Waals surface area contributed by atoms with E-state index in [1.807, 2.05) is 0 Å². The lowest BCUT2D eigenvalue weighted by Crippen LogP contribution is -2.51. The zero-order chi connectivity index (χ0) is 27.5. The first kappa shape index (κ1) is 28.2. The standard InChI is InChI=1S/C26H24Cl2F3N3O3S/c27-21-10-9-19(24(28)16-21)17-34(38(36,37)23-7-2-1-3-8-23)18-25(35)33-13-11-32(12-14-33)22-6-4-5-20(15-22)26(29,30)31/h1-10,15-16H,11-14,17-18H2. The van der Waals surface area contributed by atoms with Gasteiger partial charge in [0.1, 0.15) is 0 Å². The second kappa shape index (κ2) is 11.5. The molecule has 1 heterocycles. The molecule has 0 radical (unpaired) electrons. The zero-order valence-corrected chi connectivity index (χ0v) is 22.4. The molecule has 3 aromatic rings. The molecule has 1 aliphatic heterocycles. The van der Waals surface area contributed by atoms with Gasteiger partial charge in [0, 0.05) is 48.5 Å². The molecule has 1 fully saturated rings. The Bertz CT molecular complexity index is 1400. The molecule has 1 amide bonds. The Morgan fingerprint density at radius 1 is 0.895 bits per heavy atom. The summed E-state index contributed by atoms with van der Waals surface area (Å²) >= 11 is 12.3. The lowest BCUT2D eigenvalue weighted by Gasteiger charge is -2.37. The molecule has 0 bridgehead atoms. The van der Waals surface area contributed by atoms with Gasteiger partial charge in [-0.2, -0.15) is 17.5 Å². The van der Waals surface area contributed by atoms with Crippen LogP contribution >= 0.6 is 23.2 Å². The first-order valence-electron chi connectivity index (χ1n) is 11.6. The van der Waals surface area contributed by atoms with Crippen molar-refractivity contribution in [2.24, 2.45) is 0 Å². The fourth-order valence-corrected chi connectivity index (χ4v) is 6.01. The number of sulfonamides is 1. The first-order chi connectivity index (χ1) is 17.9. The first-order valence-corrected chi connectivity index (χ1v) is 13.8. The number of rotatable bonds is 7. The number of anilines is 1. The van der Waals surface area contributed by atoms with Gasteiger partial charge in [0.05, 0.1) is 17.0 Å². The molecule has 0 spiro atoms. The molecule has 202 valence electrons. The van der Waals surface area contributed by atoms with Crippen molar-refractivity contribution in [3.8, 4) is 0 Å². The predicted molar refractivity (Wildman–Crippen MR) is 141 cm³/mol. The predicted octanol–water partition coefficient (Wildman–Crippen LogP) is 5.55. The van der Waals surface area contributed by atoms with Crippen LogP contribution < -0.4 is 4.90 Å². The Balaban J connectivity index is 1.49. The molecular weight excluding hydrogens is 562 g/mol. The van der Waals surface area contributed by atoms with Crippen molar-refractivity contribution in [1.82, 2.24) is 9.21 Å². The van der Waals surface area contributed by atoms with Crippen LogP contribution in [0.1, 0.15) is 11.1 Å².